The van der Waals surface area contributed by atoms with Gasteiger partial charge < -0.3 is 10.5 Å². The summed E-state index contributed by atoms with van der Waals surface area (Å²) in [5.74, 6) is 0. The van der Waals surface area contributed by atoms with Crippen LogP contribution in [-0.2, 0) is 11.3 Å². The van der Waals surface area contributed by atoms with E-state index in [1.165, 1.54) is 5.56 Å². The van der Waals surface area contributed by atoms with E-state index >= 15 is 0 Å². The Morgan fingerprint density at radius 2 is 2.38 bits per heavy atom. The van der Waals surface area contributed by atoms with Crippen LogP contribution >= 0.6 is 15.9 Å². The molecular weight excluding hydrogens is 268 g/mol. The lowest BCUT2D eigenvalue weighted by molar-refractivity contribution is 0.107. The van der Waals surface area contributed by atoms with Gasteiger partial charge in [0.25, 0.3) is 0 Å². The number of methoxy groups -OCH3 is 1. The zero-order valence-corrected chi connectivity index (χ0v) is 11.0. The molecule has 2 rings (SSSR count). The molecule has 1 atom stereocenters. The molecule has 0 amide bonds. The zero-order chi connectivity index (χ0) is 11.5. The molecule has 0 aromatic heterocycles. The van der Waals surface area contributed by atoms with Crippen molar-refractivity contribution in [2.45, 2.75) is 19.1 Å². The molecule has 1 unspecified atom stereocenters. The molecule has 88 valence electrons. The van der Waals surface area contributed by atoms with E-state index in [-0.39, 0.29) is 0 Å². The van der Waals surface area contributed by atoms with Crippen LogP contribution in [0, 0.1) is 0 Å². The van der Waals surface area contributed by atoms with Gasteiger partial charge in [-0.2, -0.15) is 0 Å². The van der Waals surface area contributed by atoms with Gasteiger partial charge in [-0.05, 0) is 18.6 Å². The smallest absolute Gasteiger partial charge is 0.0710 e. The van der Waals surface area contributed by atoms with Crippen LogP contribution in [-0.4, -0.2) is 31.2 Å². The lowest BCUT2D eigenvalue weighted by Gasteiger charge is -2.17. The summed E-state index contributed by atoms with van der Waals surface area (Å²) in [5, 5.41) is 0. The highest BCUT2D eigenvalue weighted by Crippen LogP contribution is 2.25. The van der Waals surface area contributed by atoms with Crippen molar-refractivity contribution in [2.24, 2.45) is 0 Å². The third kappa shape index (κ3) is 2.56. The molecule has 1 saturated heterocycles. The number of hydrogen-bond donors (Lipinski definition) is 1. The van der Waals surface area contributed by atoms with Crippen molar-refractivity contribution in [3.63, 3.8) is 0 Å². The van der Waals surface area contributed by atoms with Crippen molar-refractivity contribution < 1.29 is 4.74 Å². The van der Waals surface area contributed by atoms with E-state index in [0.29, 0.717) is 6.10 Å². The maximum atomic E-state index is 5.98. The Balaban J connectivity index is 2.04. The van der Waals surface area contributed by atoms with E-state index in [0.717, 1.165) is 36.2 Å². The third-order valence-electron chi connectivity index (χ3n) is 3.10. The molecule has 0 saturated carbocycles. The van der Waals surface area contributed by atoms with Gasteiger partial charge in [0, 0.05) is 42.5 Å². The van der Waals surface area contributed by atoms with E-state index in [2.05, 4.69) is 20.8 Å². The molecule has 0 spiro atoms. The lowest BCUT2D eigenvalue weighted by atomic mass is 10.2. The van der Waals surface area contributed by atoms with Crippen LogP contribution in [0.15, 0.2) is 22.7 Å². The minimum absolute atomic E-state index is 0.378. The largest absolute Gasteiger partial charge is 0.398 e. The van der Waals surface area contributed by atoms with Crippen LogP contribution in [0.3, 0.4) is 0 Å². The Kier molecular flexibility index (Phi) is 3.84. The second kappa shape index (κ2) is 5.17. The van der Waals surface area contributed by atoms with Crippen LogP contribution in [0.4, 0.5) is 5.69 Å². The van der Waals surface area contributed by atoms with Crippen molar-refractivity contribution >= 4 is 21.6 Å². The van der Waals surface area contributed by atoms with Gasteiger partial charge >= 0.3 is 0 Å². The standard InChI is InChI=1S/C12H17BrN2O/c1-16-9-5-6-15(7-9)8-10-11(13)3-2-4-12(10)14/h2-4,9H,5-8,14H2,1H3. The van der Waals surface area contributed by atoms with Crippen molar-refractivity contribution in [3.8, 4) is 0 Å². The first-order chi connectivity index (χ1) is 7.70. The highest BCUT2D eigenvalue weighted by atomic mass is 79.9. The molecule has 1 fully saturated rings. The van der Waals surface area contributed by atoms with Gasteiger partial charge in [-0.1, -0.05) is 22.0 Å². The van der Waals surface area contributed by atoms with Gasteiger partial charge in [-0.15, -0.1) is 0 Å². The average molecular weight is 285 g/mol. The molecule has 1 aromatic rings. The molecule has 0 aliphatic carbocycles. The predicted octanol–water partition coefficient (Wildman–Crippen LogP) is 2.25. The van der Waals surface area contributed by atoms with Crippen molar-refractivity contribution in [3.05, 3.63) is 28.2 Å². The molecule has 4 heteroatoms. The van der Waals surface area contributed by atoms with Crippen LogP contribution in [0.2, 0.25) is 0 Å². The van der Waals surface area contributed by atoms with Gasteiger partial charge in [0.15, 0.2) is 0 Å². The highest BCUT2D eigenvalue weighted by Gasteiger charge is 2.22. The van der Waals surface area contributed by atoms with Crippen molar-refractivity contribution in [1.29, 1.82) is 0 Å². The number of nitrogen functional groups attached to an aromatic ring is 1. The Labute approximate surface area is 105 Å². The summed E-state index contributed by atoms with van der Waals surface area (Å²) in [5.41, 5.74) is 8.02. The first-order valence-electron chi connectivity index (χ1n) is 5.48. The summed E-state index contributed by atoms with van der Waals surface area (Å²) in [7, 11) is 1.78. The van der Waals surface area contributed by atoms with Crippen LogP contribution < -0.4 is 5.73 Å². The maximum Gasteiger partial charge on any atom is 0.0710 e. The van der Waals surface area contributed by atoms with Crippen LogP contribution in [0.5, 0.6) is 0 Å². The second-order valence-electron chi connectivity index (χ2n) is 4.19. The number of benzene rings is 1. The number of rotatable bonds is 3. The van der Waals surface area contributed by atoms with Gasteiger partial charge in [0.1, 0.15) is 0 Å². The highest BCUT2D eigenvalue weighted by molar-refractivity contribution is 9.10. The SMILES string of the molecule is COC1CCN(Cc2c(N)cccc2Br)C1. The van der Waals surface area contributed by atoms with Gasteiger partial charge in [0.05, 0.1) is 6.10 Å². The van der Waals surface area contributed by atoms with Gasteiger partial charge in [0.2, 0.25) is 0 Å². The Morgan fingerprint density at radius 3 is 3.00 bits per heavy atom. The first kappa shape index (κ1) is 11.9. The molecule has 1 aromatic carbocycles. The monoisotopic (exact) mass is 284 g/mol. The summed E-state index contributed by atoms with van der Waals surface area (Å²) in [4.78, 5) is 2.38. The zero-order valence-electron chi connectivity index (χ0n) is 9.45. The quantitative estimate of drug-likeness (QED) is 0.866. The molecule has 1 heterocycles. The van der Waals surface area contributed by atoms with E-state index < -0.39 is 0 Å². The fraction of sp³-hybridized carbons (Fsp3) is 0.500. The van der Waals surface area contributed by atoms with Crippen LogP contribution in [0.1, 0.15) is 12.0 Å². The summed E-state index contributed by atoms with van der Waals surface area (Å²) in [6, 6.07) is 5.95. The second-order valence-corrected chi connectivity index (χ2v) is 5.04. The van der Waals surface area contributed by atoms with Crippen molar-refractivity contribution in [1.82, 2.24) is 4.90 Å². The fourth-order valence-corrected chi connectivity index (χ4v) is 2.61. The molecular formula is C12H17BrN2O. The molecule has 1 aliphatic rings. The Morgan fingerprint density at radius 1 is 1.56 bits per heavy atom. The normalized spacial score (nSPS) is 21.5. The summed E-state index contributed by atoms with van der Waals surface area (Å²) in [6.45, 7) is 2.98. The Bertz CT molecular complexity index is 350. The lowest BCUT2D eigenvalue weighted by Crippen LogP contribution is -2.23. The van der Waals surface area contributed by atoms with E-state index in [9.17, 15) is 0 Å². The van der Waals surface area contributed by atoms with Gasteiger partial charge in [-0.25, -0.2) is 0 Å². The topological polar surface area (TPSA) is 38.5 Å². The predicted molar refractivity (Wildman–Crippen MR) is 69.2 cm³/mol. The number of ether oxygens (including phenoxy) is 1. The number of nitrogens with two attached hydrogens (primary N) is 1. The van der Waals surface area contributed by atoms with Gasteiger partial charge in [-0.3, -0.25) is 4.90 Å². The molecule has 16 heavy (non-hydrogen) atoms. The van der Waals surface area contributed by atoms with Crippen molar-refractivity contribution in [2.75, 3.05) is 25.9 Å². The van der Waals surface area contributed by atoms with E-state index in [4.69, 9.17) is 10.5 Å². The average Bonchev–Trinajstić information content (AvgIpc) is 2.71. The summed E-state index contributed by atoms with van der Waals surface area (Å²) < 4.78 is 6.45. The number of hydrogen-bond acceptors (Lipinski definition) is 3. The number of likely N-dealkylation sites (tertiary alicyclic amines) is 1. The minimum Gasteiger partial charge on any atom is -0.398 e. The van der Waals surface area contributed by atoms with Crippen LogP contribution in [0.25, 0.3) is 0 Å². The summed E-state index contributed by atoms with van der Waals surface area (Å²) in [6.07, 6.45) is 1.49. The Hall–Kier alpha value is -0.580. The van der Waals surface area contributed by atoms with E-state index in [1.54, 1.807) is 7.11 Å². The molecule has 0 bridgehead atoms. The molecule has 1 aliphatic heterocycles. The number of nitrogens with zero attached hydrogens (tertiary/aromatic N) is 1. The summed E-state index contributed by atoms with van der Waals surface area (Å²) >= 11 is 3.55. The molecule has 0 radical (unpaired) electrons. The number of halogens is 1. The molecule has 3 nitrogen and oxygen atoms in total. The third-order valence-corrected chi connectivity index (χ3v) is 3.84. The maximum absolute atomic E-state index is 5.98. The molecule has 2 N–H and O–H groups in total. The minimum atomic E-state index is 0.378. The van der Waals surface area contributed by atoms with E-state index in [1.807, 2.05) is 18.2 Å². The number of anilines is 1. The first-order valence-corrected chi connectivity index (χ1v) is 6.28. The fourth-order valence-electron chi connectivity index (χ4n) is 2.10.